The molecule has 0 saturated carbocycles. The number of aromatic nitrogens is 1. The molecule has 3 rings (SSSR count). The summed E-state index contributed by atoms with van der Waals surface area (Å²) in [4.78, 5) is 16.9. The summed E-state index contributed by atoms with van der Waals surface area (Å²) in [7, 11) is 1.56. The molecule has 3 aromatic rings. The normalized spacial score (nSPS) is 10.6. The van der Waals surface area contributed by atoms with Crippen LogP contribution in [0.3, 0.4) is 0 Å². The van der Waals surface area contributed by atoms with Crippen molar-refractivity contribution in [3.63, 3.8) is 0 Å². The molecule has 0 saturated heterocycles. The largest absolute Gasteiger partial charge is 0.496 e. The van der Waals surface area contributed by atoms with Gasteiger partial charge in [-0.2, -0.15) is 0 Å². The maximum absolute atomic E-state index is 12.7. The Kier molecular flexibility index (Phi) is 3.71. The Hall–Kier alpha value is -2.20. The van der Waals surface area contributed by atoms with Crippen LogP contribution in [0, 0.1) is 0 Å². The first-order valence-corrected chi connectivity index (χ1v) is 7.21. The van der Waals surface area contributed by atoms with Gasteiger partial charge in [0.25, 0.3) is 0 Å². The van der Waals surface area contributed by atoms with Crippen LogP contribution in [0.15, 0.2) is 59.2 Å². The van der Waals surface area contributed by atoms with E-state index in [1.54, 1.807) is 31.5 Å². The summed E-state index contributed by atoms with van der Waals surface area (Å²) in [5.74, 6) is 0.474. The highest BCUT2D eigenvalue weighted by molar-refractivity contribution is 9.10. The number of rotatable bonds is 3. The second kappa shape index (κ2) is 5.66. The minimum Gasteiger partial charge on any atom is -0.496 e. The van der Waals surface area contributed by atoms with Gasteiger partial charge in [0.1, 0.15) is 5.75 Å². The van der Waals surface area contributed by atoms with Crippen LogP contribution in [0.5, 0.6) is 5.75 Å². The monoisotopic (exact) mass is 341 g/mol. The number of carbonyl (C=O) groups excluding carboxylic acids is 1. The van der Waals surface area contributed by atoms with Gasteiger partial charge < -0.3 is 4.74 Å². The molecule has 104 valence electrons. The van der Waals surface area contributed by atoms with E-state index in [-0.39, 0.29) is 5.78 Å². The fourth-order valence-corrected chi connectivity index (χ4v) is 2.56. The molecule has 0 N–H and O–H groups in total. The number of ether oxygens (including phenoxy) is 1. The second-order valence-corrected chi connectivity index (χ2v) is 5.50. The number of carbonyl (C=O) groups is 1. The van der Waals surface area contributed by atoms with E-state index in [0.29, 0.717) is 16.9 Å². The molecule has 0 bridgehead atoms. The number of ketones is 1. The lowest BCUT2D eigenvalue weighted by Gasteiger charge is -2.08. The molecule has 0 amide bonds. The third-order valence-corrected chi connectivity index (χ3v) is 3.77. The lowest BCUT2D eigenvalue weighted by atomic mass is 10.0. The predicted octanol–water partition coefficient (Wildman–Crippen LogP) is 4.24. The van der Waals surface area contributed by atoms with Crippen LogP contribution in [-0.4, -0.2) is 17.9 Å². The van der Waals surface area contributed by atoms with Crippen LogP contribution < -0.4 is 4.74 Å². The van der Waals surface area contributed by atoms with Gasteiger partial charge in [-0.25, -0.2) is 0 Å². The summed E-state index contributed by atoms with van der Waals surface area (Å²) in [5.41, 5.74) is 1.94. The van der Waals surface area contributed by atoms with E-state index < -0.39 is 0 Å². The molecular weight excluding hydrogens is 330 g/mol. The summed E-state index contributed by atoms with van der Waals surface area (Å²) in [6.07, 6.45) is 1.72. The maximum atomic E-state index is 12.7. The Morgan fingerprint density at radius 3 is 2.81 bits per heavy atom. The van der Waals surface area contributed by atoms with Crippen LogP contribution in [0.1, 0.15) is 15.9 Å². The Bertz CT molecular complexity index is 830. The highest BCUT2D eigenvalue weighted by atomic mass is 79.9. The molecule has 0 aliphatic rings. The van der Waals surface area contributed by atoms with E-state index in [9.17, 15) is 4.79 Å². The summed E-state index contributed by atoms with van der Waals surface area (Å²) in [6.45, 7) is 0. The van der Waals surface area contributed by atoms with Crippen LogP contribution in [0.4, 0.5) is 0 Å². The molecule has 0 fully saturated rings. The topological polar surface area (TPSA) is 39.2 Å². The number of halogens is 1. The van der Waals surface area contributed by atoms with Crippen molar-refractivity contribution in [1.82, 2.24) is 4.98 Å². The van der Waals surface area contributed by atoms with Gasteiger partial charge in [-0.3, -0.25) is 9.78 Å². The molecule has 0 radical (unpaired) electrons. The average Bonchev–Trinajstić information content (AvgIpc) is 2.53. The average molecular weight is 342 g/mol. The third kappa shape index (κ3) is 2.67. The molecule has 4 heteroatoms. The molecule has 1 heterocycles. The highest BCUT2D eigenvalue weighted by Gasteiger charge is 2.15. The number of benzene rings is 2. The first kappa shape index (κ1) is 13.8. The summed E-state index contributed by atoms with van der Waals surface area (Å²) in [5, 5.41) is 1.01. The lowest BCUT2D eigenvalue weighted by molar-refractivity contribution is 0.103. The molecular formula is C17H12BrNO2. The number of fused-ring (bicyclic) bond motifs is 1. The first-order valence-electron chi connectivity index (χ1n) is 6.42. The lowest BCUT2D eigenvalue weighted by Crippen LogP contribution is -2.04. The third-order valence-electron chi connectivity index (χ3n) is 3.28. The summed E-state index contributed by atoms with van der Waals surface area (Å²) >= 11 is 3.37. The van der Waals surface area contributed by atoms with Crippen molar-refractivity contribution in [3.05, 3.63) is 70.3 Å². The molecule has 0 spiro atoms. The van der Waals surface area contributed by atoms with Crippen molar-refractivity contribution in [1.29, 1.82) is 0 Å². The quantitative estimate of drug-likeness (QED) is 0.669. The van der Waals surface area contributed by atoms with Gasteiger partial charge in [-0.15, -0.1) is 0 Å². The van der Waals surface area contributed by atoms with E-state index in [1.165, 1.54) is 0 Å². The zero-order chi connectivity index (χ0) is 14.8. The number of methoxy groups -OCH3 is 1. The van der Waals surface area contributed by atoms with Crippen LogP contribution in [0.25, 0.3) is 10.9 Å². The molecule has 21 heavy (non-hydrogen) atoms. The second-order valence-electron chi connectivity index (χ2n) is 4.58. The van der Waals surface area contributed by atoms with Gasteiger partial charge in [-0.05, 0) is 30.3 Å². The fraction of sp³-hybridized carbons (Fsp3) is 0.0588. The maximum Gasteiger partial charge on any atom is 0.196 e. The number of hydrogen-bond acceptors (Lipinski definition) is 3. The van der Waals surface area contributed by atoms with E-state index >= 15 is 0 Å². The Morgan fingerprint density at radius 1 is 1.14 bits per heavy atom. The minimum atomic E-state index is -0.0769. The van der Waals surface area contributed by atoms with Crippen molar-refractivity contribution in [2.75, 3.05) is 7.11 Å². The SMILES string of the molecule is COc1cc(Br)ccc1C(=O)c1ccc2cccnc2c1. The predicted molar refractivity (Wildman–Crippen MR) is 85.9 cm³/mol. The Balaban J connectivity index is 2.08. The smallest absolute Gasteiger partial charge is 0.196 e. The molecule has 0 aliphatic carbocycles. The summed E-state index contributed by atoms with van der Waals surface area (Å²) < 4.78 is 6.16. The zero-order valence-corrected chi connectivity index (χ0v) is 12.9. The van der Waals surface area contributed by atoms with Crippen molar-refractivity contribution in [2.24, 2.45) is 0 Å². The molecule has 0 unspecified atom stereocenters. The van der Waals surface area contributed by atoms with E-state index in [4.69, 9.17) is 4.74 Å². The van der Waals surface area contributed by atoms with Crippen molar-refractivity contribution < 1.29 is 9.53 Å². The van der Waals surface area contributed by atoms with Gasteiger partial charge in [0.05, 0.1) is 18.2 Å². The number of nitrogens with zero attached hydrogens (tertiary/aromatic N) is 1. The van der Waals surface area contributed by atoms with Gasteiger partial charge in [0.2, 0.25) is 0 Å². The fourth-order valence-electron chi connectivity index (χ4n) is 2.22. The minimum absolute atomic E-state index is 0.0769. The molecule has 2 aromatic carbocycles. The van der Waals surface area contributed by atoms with Crippen LogP contribution in [-0.2, 0) is 0 Å². The molecule has 1 aromatic heterocycles. The van der Waals surface area contributed by atoms with Crippen LogP contribution in [0.2, 0.25) is 0 Å². The zero-order valence-electron chi connectivity index (χ0n) is 11.3. The highest BCUT2D eigenvalue weighted by Crippen LogP contribution is 2.26. The molecule has 0 aliphatic heterocycles. The van der Waals surface area contributed by atoms with Crippen LogP contribution >= 0.6 is 15.9 Å². The van der Waals surface area contributed by atoms with Crippen molar-refractivity contribution in [2.45, 2.75) is 0 Å². The molecule has 0 atom stereocenters. The summed E-state index contributed by atoms with van der Waals surface area (Å²) in [6, 6.07) is 14.7. The van der Waals surface area contributed by atoms with Crippen molar-refractivity contribution in [3.8, 4) is 5.75 Å². The number of pyridine rings is 1. The Morgan fingerprint density at radius 2 is 2.00 bits per heavy atom. The van der Waals surface area contributed by atoms with E-state index in [2.05, 4.69) is 20.9 Å². The van der Waals surface area contributed by atoms with Gasteiger partial charge in [0.15, 0.2) is 5.78 Å². The standard InChI is InChI=1S/C17H12BrNO2/c1-21-16-10-13(18)6-7-14(16)17(20)12-5-4-11-3-2-8-19-15(11)9-12/h2-10H,1H3. The van der Waals surface area contributed by atoms with Gasteiger partial charge in [-0.1, -0.05) is 34.1 Å². The van der Waals surface area contributed by atoms with Gasteiger partial charge in [0, 0.05) is 21.6 Å². The molecule has 3 nitrogen and oxygen atoms in total. The number of hydrogen-bond donors (Lipinski definition) is 0. The first-order chi connectivity index (χ1) is 10.2. The van der Waals surface area contributed by atoms with E-state index in [0.717, 1.165) is 15.4 Å². The van der Waals surface area contributed by atoms with Crippen molar-refractivity contribution >= 4 is 32.6 Å². The Labute approximate surface area is 130 Å². The van der Waals surface area contributed by atoms with Gasteiger partial charge >= 0.3 is 0 Å². The van der Waals surface area contributed by atoms with E-state index in [1.807, 2.05) is 30.3 Å².